The van der Waals surface area contributed by atoms with Gasteiger partial charge >= 0.3 is 0 Å². The van der Waals surface area contributed by atoms with E-state index in [1.165, 1.54) is 16.7 Å². The van der Waals surface area contributed by atoms with Gasteiger partial charge in [-0.3, -0.25) is 15.0 Å². The Morgan fingerprint density at radius 1 is 1.19 bits per heavy atom. The van der Waals surface area contributed by atoms with Crippen molar-refractivity contribution >= 4 is 40.2 Å². The van der Waals surface area contributed by atoms with E-state index in [0.29, 0.717) is 35.8 Å². The third kappa shape index (κ3) is 5.03. The van der Waals surface area contributed by atoms with Crippen molar-refractivity contribution in [3.05, 3.63) is 46.3 Å². The number of ketones is 1. The molecule has 4 rings (SSSR count). The maximum absolute atomic E-state index is 15.4. The zero-order valence-corrected chi connectivity index (χ0v) is 23.7. The van der Waals surface area contributed by atoms with Crippen molar-refractivity contribution in [2.24, 2.45) is 0 Å². The summed E-state index contributed by atoms with van der Waals surface area (Å²) in [6, 6.07) is 5.13. The molecule has 2 aromatic carbocycles. The van der Waals surface area contributed by atoms with E-state index in [0.717, 1.165) is 5.56 Å². The van der Waals surface area contributed by atoms with Gasteiger partial charge in [-0.05, 0) is 37.6 Å². The number of benzene rings is 2. The second-order valence-corrected chi connectivity index (χ2v) is 9.67. The molecule has 0 saturated carbocycles. The predicted octanol–water partition coefficient (Wildman–Crippen LogP) is 4.88. The minimum atomic E-state index is -0.653. The number of ether oxygens (including phenoxy) is 3. The topological polar surface area (TPSA) is 92.2 Å². The van der Waals surface area contributed by atoms with Crippen LogP contribution in [0.5, 0.6) is 17.2 Å². The number of amidine groups is 1. The van der Waals surface area contributed by atoms with Gasteiger partial charge in [-0.15, -0.1) is 17.0 Å². The van der Waals surface area contributed by atoms with Crippen LogP contribution in [0.25, 0.3) is 0 Å². The summed E-state index contributed by atoms with van der Waals surface area (Å²) in [5.74, 6) is -0.290. The summed E-state index contributed by atoms with van der Waals surface area (Å²) in [7, 11) is 1.64. The van der Waals surface area contributed by atoms with Crippen molar-refractivity contribution in [1.29, 1.82) is 5.41 Å². The highest BCUT2D eigenvalue weighted by atomic mass is 79.9. The van der Waals surface area contributed by atoms with Gasteiger partial charge in [-0.25, -0.2) is 4.39 Å². The van der Waals surface area contributed by atoms with Crippen molar-refractivity contribution in [3.63, 3.8) is 0 Å². The summed E-state index contributed by atoms with van der Waals surface area (Å²) < 4.78 is 32.3. The van der Waals surface area contributed by atoms with Crippen LogP contribution in [0.1, 0.15) is 61.7 Å². The minimum absolute atomic E-state index is 0. The standard InChI is InChI=1S/C27H32FN3O5.BrH/c1-7-34-21-11-17-12-31(26(29)22(17)23(28)25(21)35-8-2)13-20(33)16-9-18-24(36-14-27(18,4)5)19(10-16)30(6)15(3)32;/h9-11,29H,7-8,12-14H2,1-6H3;1H. The van der Waals surface area contributed by atoms with E-state index in [9.17, 15) is 9.59 Å². The SMILES string of the molecule is Br.CCOc1cc2c(c(F)c1OCC)C(=N)N(CC(=O)c1cc(N(C)C(C)=O)c3c(c1)C(C)(C)CO3)C2. The molecule has 0 spiro atoms. The summed E-state index contributed by atoms with van der Waals surface area (Å²) in [6.07, 6.45) is 0. The fraction of sp³-hybridized carbons (Fsp3) is 0.444. The summed E-state index contributed by atoms with van der Waals surface area (Å²) in [5, 5.41) is 8.60. The fourth-order valence-electron chi connectivity index (χ4n) is 4.60. The second kappa shape index (κ2) is 10.7. The van der Waals surface area contributed by atoms with E-state index in [4.69, 9.17) is 19.6 Å². The van der Waals surface area contributed by atoms with Gasteiger partial charge < -0.3 is 24.0 Å². The van der Waals surface area contributed by atoms with Crippen molar-refractivity contribution in [2.45, 2.75) is 46.6 Å². The Balaban J connectivity index is 0.00000380. The monoisotopic (exact) mass is 577 g/mol. The molecule has 2 aliphatic rings. The van der Waals surface area contributed by atoms with Crippen LogP contribution in [0.15, 0.2) is 18.2 Å². The highest BCUT2D eigenvalue weighted by Gasteiger charge is 2.37. The van der Waals surface area contributed by atoms with E-state index in [-0.39, 0.29) is 76.7 Å². The molecule has 10 heteroatoms. The Labute approximate surface area is 226 Å². The van der Waals surface area contributed by atoms with E-state index >= 15 is 4.39 Å². The molecule has 0 bridgehead atoms. The number of nitrogens with zero attached hydrogens (tertiary/aromatic N) is 2. The molecule has 0 saturated heterocycles. The quantitative estimate of drug-likeness (QED) is 0.450. The number of Topliss-reactive ketones (excluding diaryl/α,β-unsaturated/α-hetero) is 1. The molecule has 0 atom stereocenters. The average Bonchev–Trinajstić information content (AvgIpc) is 3.30. The molecule has 0 aromatic heterocycles. The normalized spacial score (nSPS) is 14.9. The number of hydrogen-bond donors (Lipinski definition) is 1. The molecule has 0 radical (unpaired) electrons. The van der Waals surface area contributed by atoms with Crippen molar-refractivity contribution < 1.29 is 28.2 Å². The smallest absolute Gasteiger partial charge is 0.223 e. The molecule has 2 aromatic rings. The van der Waals surface area contributed by atoms with Crippen LogP contribution >= 0.6 is 17.0 Å². The average molecular weight is 578 g/mol. The minimum Gasteiger partial charge on any atom is -0.490 e. The van der Waals surface area contributed by atoms with Gasteiger partial charge in [0.2, 0.25) is 5.91 Å². The molecule has 8 nitrogen and oxygen atoms in total. The summed E-state index contributed by atoms with van der Waals surface area (Å²) >= 11 is 0. The number of anilines is 1. The lowest BCUT2D eigenvalue weighted by Gasteiger charge is -2.22. The van der Waals surface area contributed by atoms with Gasteiger partial charge in [0.1, 0.15) is 11.6 Å². The summed E-state index contributed by atoms with van der Waals surface area (Å²) in [4.78, 5) is 28.6. The Hall–Kier alpha value is -3.14. The highest BCUT2D eigenvalue weighted by Crippen LogP contribution is 2.45. The van der Waals surface area contributed by atoms with Crippen LogP contribution in [-0.2, 0) is 16.8 Å². The van der Waals surface area contributed by atoms with Gasteiger partial charge in [0.05, 0.1) is 37.6 Å². The van der Waals surface area contributed by atoms with E-state index in [1.807, 2.05) is 13.8 Å². The Morgan fingerprint density at radius 3 is 2.49 bits per heavy atom. The number of hydrogen-bond acceptors (Lipinski definition) is 6. The summed E-state index contributed by atoms with van der Waals surface area (Å²) in [6.45, 7) is 10.1. The Bertz CT molecular complexity index is 1260. The van der Waals surface area contributed by atoms with Crippen LogP contribution < -0.4 is 19.1 Å². The number of rotatable bonds is 8. The number of nitrogens with one attached hydrogen (secondary N) is 1. The van der Waals surface area contributed by atoms with Gasteiger partial charge in [-0.2, -0.15) is 0 Å². The molecule has 0 aliphatic carbocycles. The first-order valence-corrected chi connectivity index (χ1v) is 12.0. The van der Waals surface area contributed by atoms with Crippen molar-refractivity contribution in [1.82, 2.24) is 4.90 Å². The molecule has 2 aliphatic heterocycles. The molecule has 200 valence electrons. The summed E-state index contributed by atoms with van der Waals surface area (Å²) in [5.41, 5.74) is 2.15. The molecule has 1 amide bonds. The van der Waals surface area contributed by atoms with E-state index in [2.05, 4.69) is 0 Å². The van der Waals surface area contributed by atoms with Gasteiger partial charge in [-0.1, -0.05) is 13.8 Å². The lowest BCUT2D eigenvalue weighted by molar-refractivity contribution is -0.116. The first-order valence-electron chi connectivity index (χ1n) is 12.0. The van der Waals surface area contributed by atoms with Crippen molar-refractivity contribution in [2.75, 3.05) is 38.3 Å². The number of carbonyl (C=O) groups excluding carboxylic acids is 2. The number of halogens is 2. The number of carbonyl (C=O) groups is 2. The lowest BCUT2D eigenvalue weighted by Crippen LogP contribution is -2.31. The van der Waals surface area contributed by atoms with Crippen LogP contribution in [0.4, 0.5) is 10.1 Å². The van der Waals surface area contributed by atoms with E-state index < -0.39 is 5.82 Å². The third-order valence-electron chi connectivity index (χ3n) is 6.64. The van der Waals surface area contributed by atoms with Gasteiger partial charge in [0.25, 0.3) is 0 Å². The molecular formula is C27H33BrFN3O5. The zero-order valence-electron chi connectivity index (χ0n) is 22.0. The molecule has 0 unspecified atom stereocenters. The lowest BCUT2D eigenvalue weighted by atomic mass is 9.85. The molecule has 0 fully saturated rings. The molecule has 2 heterocycles. The highest BCUT2D eigenvalue weighted by molar-refractivity contribution is 8.93. The Morgan fingerprint density at radius 2 is 1.86 bits per heavy atom. The maximum atomic E-state index is 15.4. The number of fused-ring (bicyclic) bond motifs is 2. The van der Waals surface area contributed by atoms with E-state index in [1.54, 1.807) is 39.1 Å². The Kier molecular flexibility index (Phi) is 8.21. The van der Waals surface area contributed by atoms with Gasteiger partial charge in [0.15, 0.2) is 23.1 Å². The van der Waals surface area contributed by atoms with Crippen LogP contribution in [0.2, 0.25) is 0 Å². The molecular weight excluding hydrogens is 545 g/mol. The first-order chi connectivity index (χ1) is 17.0. The van der Waals surface area contributed by atoms with Crippen LogP contribution in [-0.4, -0.2) is 55.8 Å². The molecule has 37 heavy (non-hydrogen) atoms. The third-order valence-corrected chi connectivity index (χ3v) is 6.64. The zero-order chi connectivity index (χ0) is 26.4. The fourth-order valence-corrected chi connectivity index (χ4v) is 4.60. The predicted molar refractivity (Wildman–Crippen MR) is 145 cm³/mol. The van der Waals surface area contributed by atoms with Crippen molar-refractivity contribution in [3.8, 4) is 17.2 Å². The maximum Gasteiger partial charge on any atom is 0.223 e. The second-order valence-electron chi connectivity index (χ2n) is 9.67. The van der Waals surface area contributed by atoms with Gasteiger partial charge in [0, 0.05) is 37.1 Å². The number of amides is 1. The van der Waals surface area contributed by atoms with Crippen LogP contribution in [0.3, 0.4) is 0 Å². The first kappa shape index (κ1) is 28.4. The largest absolute Gasteiger partial charge is 0.490 e. The van der Waals surface area contributed by atoms with Crippen LogP contribution in [0, 0.1) is 11.2 Å². The molecule has 1 N–H and O–H groups in total.